The predicted molar refractivity (Wildman–Crippen MR) is 247 cm³/mol. The molecule has 0 spiro atoms. The molecule has 0 radical (unpaired) electrons. The maximum atomic E-state index is 13.0. The number of rotatable bonds is 24. The Hall–Kier alpha value is -2.89. The number of hydrogen-bond donors (Lipinski definition) is 3. The molecule has 0 heterocycles. The average Bonchev–Trinajstić information content (AvgIpc) is 3.59. The number of benzene rings is 2. The monoisotopic (exact) mass is 812 g/mol. The summed E-state index contributed by atoms with van der Waals surface area (Å²) in [5.74, 6) is 5.88. The van der Waals surface area contributed by atoms with E-state index in [0.717, 1.165) is 61.5 Å². The van der Waals surface area contributed by atoms with Crippen LogP contribution in [0.1, 0.15) is 188 Å². The van der Waals surface area contributed by atoms with Crippen LogP contribution in [-0.4, -0.2) is 24.7 Å². The third-order valence-corrected chi connectivity index (χ3v) is 16.6. The molecule has 4 aliphatic rings. The van der Waals surface area contributed by atoms with Gasteiger partial charge >= 0.3 is 0 Å². The zero-order chi connectivity index (χ0) is 41.7. The van der Waals surface area contributed by atoms with Gasteiger partial charge in [-0.15, -0.1) is 0 Å². The van der Waals surface area contributed by atoms with Gasteiger partial charge < -0.3 is 26.3 Å². The predicted octanol–water partition coefficient (Wildman–Crippen LogP) is 13.7. The Labute approximate surface area is 360 Å². The lowest BCUT2D eigenvalue weighted by Crippen LogP contribution is -2.59. The zero-order valence-corrected chi connectivity index (χ0v) is 38.0. The fourth-order valence-corrected chi connectivity index (χ4v) is 13.3. The van der Waals surface area contributed by atoms with Gasteiger partial charge in [0.25, 0.3) is 0 Å². The third kappa shape index (κ3) is 12.2. The summed E-state index contributed by atoms with van der Waals surface area (Å²) in [4.78, 5) is 13.0. The Morgan fingerprint density at radius 1 is 0.661 bits per heavy atom. The second kappa shape index (κ2) is 22.3. The van der Waals surface area contributed by atoms with Crippen LogP contribution in [0.25, 0.3) is 0 Å². The Morgan fingerprint density at radius 3 is 1.78 bits per heavy atom. The zero-order valence-electron chi connectivity index (χ0n) is 38.0. The number of nitrogens with two attached hydrogens (primary N) is 2. The number of fused-ring (bicyclic) bond motifs is 5. The second-order valence-electron chi connectivity index (χ2n) is 20.6. The van der Waals surface area contributed by atoms with Gasteiger partial charge in [-0.2, -0.15) is 0 Å². The van der Waals surface area contributed by atoms with E-state index >= 15 is 0 Å². The Kier molecular flexibility index (Phi) is 17.2. The highest BCUT2D eigenvalue weighted by atomic mass is 16.5. The number of hydrogen-bond acceptors (Lipinski definition) is 5. The Bertz CT molecular complexity index is 1530. The number of nitrogen functional groups attached to an aromatic ring is 2. The molecule has 5 N–H and O–H groups in total. The molecule has 4 fully saturated rings. The number of carbonyl (C=O) groups excluding carboxylic acids is 1. The smallest absolute Gasteiger partial charge is 0.220 e. The van der Waals surface area contributed by atoms with Crippen LogP contribution in [0.4, 0.5) is 11.4 Å². The van der Waals surface area contributed by atoms with Gasteiger partial charge in [-0.05, 0) is 153 Å². The van der Waals surface area contributed by atoms with Gasteiger partial charge in [0.05, 0.1) is 6.10 Å². The first kappa shape index (κ1) is 45.6. The number of anilines is 2. The van der Waals surface area contributed by atoms with Crippen LogP contribution in [-0.2, 0) is 4.79 Å². The minimum absolute atomic E-state index is 0.148. The summed E-state index contributed by atoms with van der Waals surface area (Å²) in [5.41, 5.74) is 14.2. The van der Waals surface area contributed by atoms with Crippen molar-refractivity contribution in [2.75, 3.05) is 18.0 Å². The second-order valence-corrected chi connectivity index (χ2v) is 20.6. The highest BCUT2D eigenvalue weighted by molar-refractivity contribution is 5.75. The van der Waals surface area contributed by atoms with Crippen LogP contribution in [0.5, 0.6) is 11.5 Å². The van der Waals surface area contributed by atoms with Crippen LogP contribution in [0.15, 0.2) is 48.5 Å². The van der Waals surface area contributed by atoms with E-state index in [1.165, 1.54) is 122 Å². The topological polar surface area (TPSA) is 99.6 Å². The SMILES string of the molecule is CCCCCCCCCCCCCCCCCNC(=O)CC[C@@H](C)[C@H]1CC[C@H]2[C@@H]3CC(Oc4ccc(N)cc4)C4CC(Oc5ccc(N)cc5)CC[C@]4(C)[C@H]3CC[C@]12C. The fourth-order valence-electron chi connectivity index (χ4n) is 13.3. The highest BCUT2D eigenvalue weighted by Gasteiger charge is 2.63. The number of amides is 1. The van der Waals surface area contributed by atoms with E-state index in [0.29, 0.717) is 47.3 Å². The molecule has 0 aromatic heterocycles. The third-order valence-electron chi connectivity index (χ3n) is 16.6. The van der Waals surface area contributed by atoms with Crippen LogP contribution < -0.4 is 26.3 Å². The van der Waals surface area contributed by atoms with Crippen LogP contribution >= 0.6 is 0 Å². The molecule has 2 aromatic rings. The van der Waals surface area contributed by atoms with Crippen molar-refractivity contribution in [3.05, 3.63) is 48.5 Å². The molecular weight excluding hydrogens is 727 g/mol. The molecule has 4 aliphatic carbocycles. The van der Waals surface area contributed by atoms with Crippen LogP contribution in [0, 0.1) is 46.3 Å². The van der Waals surface area contributed by atoms with Crippen LogP contribution in [0.3, 0.4) is 0 Å². The summed E-state index contributed by atoms with van der Waals surface area (Å²) in [5, 5.41) is 3.28. The molecule has 6 heteroatoms. The van der Waals surface area contributed by atoms with Crippen molar-refractivity contribution in [2.24, 2.45) is 46.3 Å². The lowest BCUT2D eigenvalue weighted by molar-refractivity contribution is -0.164. The van der Waals surface area contributed by atoms with E-state index in [-0.39, 0.29) is 23.5 Å². The van der Waals surface area contributed by atoms with Crippen LogP contribution in [0.2, 0.25) is 0 Å². The van der Waals surface area contributed by atoms with Gasteiger partial charge in [0, 0.05) is 30.3 Å². The molecule has 3 unspecified atom stereocenters. The first-order chi connectivity index (χ1) is 28.6. The maximum absolute atomic E-state index is 13.0. The summed E-state index contributed by atoms with van der Waals surface area (Å²) in [6.07, 6.45) is 32.2. The average molecular weight is 812 g/mol. The van der Waals surface area contributed by atoms with E-state index in [4.69, 9.17) is 20.9 Å². The molecule has 330 valence electrons. The lowest BCUT2D eigenvalue weighted by atomic mass is 9.43. The van der Waals surface area contributed by atoms with E-state index in [1.54, 1.807) is 0 Å². The molecule has 6 rings (SSSR count). The van der Waals surface area contributed by atoms with Crippen molar-refractivity contribution in [1.29, 1.82) is 0 Å². The van der Waals surface area contributed by atoms with Crippen molar-refractivity contribution < 1.29 is 14.3 Å². The minimum atomic E-state index is 0.148. The van der Waals surface area contributed by atoms with Gasteiger partial charge in [-0.1, -0.05) is 118 Å². The van der Waals surface area contributed by atoms with E-state index in [9.17, 15) is 4.79 Å². The van der Waals surface area contributed by atoms with Gasteiger partial charge in [-0.3, -0.25) is 4.79 Å². The summed E-state index contributed by atoms with van der Waals surface area (Å²) in [6.45, 7) is 10.8. The molecule has 4 saturated carbocycles. The number of carbonyl (C=O) groups is 1. The molecule has 1 amide bonds. The van der Waals surface area contributed by atoms with Gasteiger partial charge in [0.1, 0.15) is 17.6 Å². The van der Waals surface area contributed by atoms with Crippen molar-refractivity contribution in [2.45, 2.75) is 200 Å². The quantitative estimate of drug-likeness (QED) is 0.0724. The summed E-state index contributed by atoms with van der Waals surface area (Å²) < 4.78 is 13.7. The number of nitrogens with one attached hydrogen (secondary N) is 1. The summed E-state index contributed by atoms with van der Waals surface area (Å²) in [7, 11) is 0. The number of unbranched alkanes of at least 4 members (excludes halogenated alkanes) is 14. The van der Waals surface area contributed by atoms with Gasteiger partial charge in [0.2, 0.25) is 5.91 Å². The molecule has 59 heavy (non-hydrogen) atoms. The fraction of sp³-hybridized carbons (Fsp3) is 0.755. The van der Waals surface area contributed by atoms with Gasteiger partial charge in [0.15, 0.2) is 0 Å². The minimum Gasteiger partial charge on any atom is -0.490 e. The standard InChI is InChI=1S/C53H85N3O3/c1-5-6-7-8-9-10-11-12-13-14-15-16-17-18-19-36-56-51(57)31-20-39(2)46-29-30-47-45-38-50(59-43-27-23-41(55)24-28-43)49-37-44(58-42-25-21-40(54)22-26-42)32-34-53(49,4)48(45)33-35-52(46,47)3/h21-28,39,44-50H,5-20,29-38,54-55H2,1-4H3,(H,56,57)/t39-,44?,45+,46-,47+,48+,49?,50?,52-,53-/m1/s1. The molecule has 0 bridgehead atoms. The maximum Gasteiger partial charge on any atom is 0.220 e. The Balaban J connectivity index is 0.943. The van der Waals surface area contributed by atoms with Crippen molar-refractivity contribution in [3.63, 3.8) is 0 Å². The van der Waals surface area contributed by atoms with Crippen molar-refractivity contribution in [3.8, 4) is 11.5 Å². The Morgan fingerprint density at radius 2 is 1.19 bits per heavy atom. The van der Waals surface area contributed by atoms with Crippen molar-refractivity contribution >= 4 is 17.3 Å². The summed E-state index contributed by atoms with van der Waals surface area (Å²) in [6, 6.07) is 15.9. The van der Waals surface area contributed by atoms with Crippen molar-refractivity contribution in [1.82, 2.24) is 5.32 Å². The molecule has 0 saturated heterocycles. The molecule has 6 nitrogen and oxygen atoms in total. The largest absolute Gasteiger partial charge is 0.490 e. The number of ether oxygens (including phenoxy) is 2. The molecule has 10 atom stereocenters. The van der Waals surface area contributed by atoms with E-state index < -0.39 is 0 Å². The van der Waals surface area contributed by atoms with E-state index in [1.807, 2.05) is 36.4 Å². The normalized spacial score (nSPS) is 30.5. The lowest BCUT2D eigenvalue weighted by Gasteiger charge is -2.63. The molecule has 2 aromatic carbocycles. The highest BCUT2D eigenvalue weighted by Crippen LogP contribution is 2.68. The van der Waals surface area contributed by atoms with E-state index in [2.05, 4.69) is 45.1 Å². The molecule has 0 aliphatic heterocycles. The first-order valence-corrected chi connectivity index (χ1v) is 24.9. The first-order valence-electron chi connectivity index (χ1n) is 24.9. The van der Waals surface area contributed by atoms with Gasteiger partial charge in [-0.25, -0.2) is 0 Å². The summed E-state index contributed by atoms with van der Waals surface area (Å²) >= 11 is 0. The molecular formula is C53H85N3O3.